The molecule has 5 nitrogen and oxygen atoms in total. The summed E-state index contributed by atoms with van der Waals surface area (Å²) in [5.41, 5.74) is 2.89. The van der Waals surface area contributed by atoms with Crippen molar-refractivity contribution in [2.24, 2.45) is 4.99 Å². The van der Waals surface area contributed by atoms with Crippen LogP contribution in [-0.2, 0) is 17.7 Å². The van der Waals surface area contributed by atoms with E-state index in [1.807, 2.05) is 0 Å². The first-order chi connectivity index (χ1) is 12.2. The van der Waals surface area contributed by atoms with Crippen molar-refractivity contribution < 1.29 is 4.74 Å². The highest BCUT2D eigenvalue weighted by atomic mass is 16.5. The van der Waals surface area contributed by atoms with Gasteiger partial charge in [0, 0.05) is 39.3 Å². The van der Waals surface area contributed by atoms with E-state index in [0.717, 1.165) is 71.1 Å². The summed E-state index contributed by atoms with van der Waals surface area (Å²) >= 11 is 0. The Morgan fingerprint density at radius 3 is 2.88 bits per heavy atom. The van der Waals surface area contributed by atoms with Gasteiger partial charge in [-0.25, -0.2) is 0 Å². The molecule has 0 bridgehead atoms. The van der Waals surface area contributed by atoms with Crippen LogP contribution in [0.4, 0.5) is 0 Å². The first kappa shape index (κ1) is 18.2. The Bertz CT molecular complexity index is 581. The molecule has 2 aliphatic heterocycles. The topological polar surface area (TPSA) is 48.9 Å². The van der Waals surface area contributed by atoms with Gasteiger partial charge in [-0.05, 0) is 44.2 Å². The van der Waals surface area contributed by atoms with Crippen molar-refractivity contribution in [1.29, 1.82) is 0 Å². The number of ether oxygens (including phenoxy) is 1. The quantitative estimate of drug-likeness (QED) is 0.613. The summed E-state index contributed by atoms with van der Waals surface area (Å²) in [4.78, 5) is 7.25. The van der Waals surface area contributed by atoms with Crippen LogP contribution in [-0.4, -0.2) is 55.8 Å². The highest BCUT2D eigenvalue weighted by Crippen LogP contribution is 2.25. The summed E-state index contributed by atoms with van der Waals surface area (Å²) in [5.74, 6) is 0.900. The number of benzene rings is 1. The third-order valence-electron chi connectivity index (χ3n) is 5.15. The fourth-order valence-corrected chi connectivity index (χ4v) is 3.63. The van der Waals surface area contributed by atoms with Crippen molar-refractivity contribution in [3.63, 3.8) is 0 Å². The lowest BCUT2D eigenvalue weighted by Gasteiger charge is -2.29. The number of hydrogen-bond acceptors (Lipinski definition) is 3. The molecule has 2 heterocycles. The highest BCUT2D eigenvalue weighted by molar-refractivity contribution is 5.79. The molecule has 0 aromatic heterocycles. The number of rotatable bonds is 6. The molecule has 3 rings (SSSR count). The molecule has 1 unspecified atom stereocenters. The monoisotopic (exact) mass is 344 g/mol. The van der Waals surface area contributed by atoms with Gasteiger partial charge in [-0.15, -0.1) is 0 Å². The van der Waals surface area contributed by atoms with Gasteiger partial charge in [-0.2, -0.15) is 0 Å². The predicted octanol–water partition coefficient (Wildman–Crippen LogP) is 2.17. The van der Waals surface area contributed by atoms with E-state index in [1.54, 1.807) is 0 Å². The van der Waals surface area contributed by atoms with Crippen molar-refractivity contribution in [3.8, 4) is 0 Å². The lowest BCUT2D eigenvalue weighted by atomic mass is 10.00. The molecular formula is C20H32N4O. The van der Waals surface area contributed by atoms with E-state index in [-0.39, 0.29) is 5.60 Å². The lowest BCUT2D eigenvalue weighted by Crippen LogP contribution is -2.43. The van der Waals surface area contributed by atoms with Gasteiger partial charge in [0.1, 0.15) is 0 Å². The zero-order valence-corrected chi connectivity index (χ0v) is 15.7. The zero-order chi connectivity index (χ0) is 17.5. The molecule has 138 valence electrons. The molecule has 1 atom stereocenters. The molecule has 0 amide bonds. The van der Waals surface area contributed by atoms with Crippen LogP contribution in [0.15, 0.2) is 29.3 Å². The summed E-state index contributed by atoms with van der Waals surface area (Å²) in [6, 6.07) is 8.79. The Labute approximate surface area is 151 Å². The van der Waals surface area contributed by atoms with Crippen LogP contribution >= 0.6 is 0 Å². The van der Waals surface area contributed by atoms with E-state index < -0.39 is 0 Å². The third-order valence-corrected chi connectivity index (χ3v) is 5.15. The van der Waals surface area contributed by atoms with Crippen LogP contribution in [0.2, 0.25) is 0 Å². The maximum absolute atomic E-state index is 5.83. The molecule has 25 heavy (non-hydrogen) atoms. The molecule has 0 spiro atoms. The van der Waals surface area contributed by atoms with E-state index in [2.05, 4.69) is 53.6 Å². The number of fused-ring (bicyclic) bond motifs is 1. The van der Waals surface area contributed by atoms with Gasteiger partial charge in [-0.1, -0.05) is 24.3 Å². The summed E-state index contributed by atoms with van der Waals surface area (Å²) < 4.78 is 5.83. The fourth-order valence-electron chi connectivity index (χ4n) is 3.63. The first-order valence-corrected chi connectivity index (χ1v) is 9.64. The van der Waals surface area contributed by atoms with Gasteiger partial charge in [0.25, 0.3) is 0 Å². The second-order valence-electron chi connectivity index (χ2n) is 7.32. The molecule has 0 radical (unpaired) electrons. The molecule has 2 aliphatic rings. The Morgan fingerprint density at radius 2 is 2.12 bits per heavy atom. The van der Waals surface area contributed by atoms with Crippen LogP contribution in [0.1, 0.15) is 37.8 Å². The second-order valence-corrected chi connectivity index (χ2v) is 7.32. The first-order valence-electron chi connectivity index (χ1n) is 9.64. The Morgan fingerprint density at radius 1 is 1.28 bits per heavy atom. The normalized spacial score (nSPS) is 24.2. The Hall–Kier alpha value is -1.59. The summed E-state index contributed by atoms with van der Waals surface area (Å²) in [7, 11) is 0. The van der Waals surface area contributed by atoms with Crippen molar-refractivity contribution >= 4 is 5.96 Å². The minimum absolute atomic E-state index is 0.0844. The SMILES string of the molecule is CCNC(=NCC1(C)CCCO1)NCCN1CCc2ccccc2C1. The number of nitrogens with one attached hydrogen (secondary N) is 2. The number of hydrogen-bond donors (Lipinski definition) is 2. The van der Waals surface area contributed by atoms with Crippen molar-refractivity contribution in [1.82, 2.24) is 15.5 Å². The summed E-state index contributed by atoms with van der Waals surface area (Å²) in [6.07, 6.45) is 3.40. The van der Waals surface area contributed by atoms with Crippen LogP contribution < -0.4 is 10.6 Å². The van der Waals surface area contributed by atoms with E-state index in [9.17, 15) is 0 Å². The molecule has 0 saturated carbocycles. The standard InChI is InChI=1S/C20H32N4O/c1-3-21-19(23-16-20(2)10-6-14-25-20)22-11-13-24-12-9-17-7-4-5-8-18(17)15-24/h4-5,7-8H,3,6,9-16H2,1-2H3,(H2,21,22,23). The molecule has 1 aromatic rings. The van der Waals surface area contributed by atoms with Crippen LogP contribution in [0.5, 0.6) is 0 Å². The maximum Gasteiger partial charge on any atom is 0.191 e. The second kappa shape index (κ2) is 8.68. The van der Waals surface area contributed by atoms with Crippen LogP contribution in [0, 0.1) is 0 Å². The van der Waals surface area contributed by atoms with Gasteiger partial charge in [0.15, 0.2) is 5.96 Å². The summed E-state index contributed by atoms with van der Waals surface area (Å²) in [5, 5.41) is 6.82. The molecule has 1 saturated heterocycles. The van der Waals surface area contributed by atoms with Gasteiger partial charge in [0.2, 0.25) is 0 Å². The molecule has 1 fully saturated rings. The Kier molecular flexibility index (Phi) is 6.32. The van der Waals surface area contributed by atoms with E-state index >= 15 is 0 Å². The molecule has 1 aromatic carbocycles. The third kappa shape index (κ3) is 5.19. The van der Waals surface area contributed by atoms with Crippen molar-refractivity contribution in [2.45, 2.75) is 45.3 Å². The van der Waals surface area contributed by atoms with Crippen LogP contribution in [0.25, 0.3) is 0 Å². The van der Waals surface area contributed by atoms with Crippen LogP contribution in [0.3, 0.4) is 0 Å². The summed E-state index contributed by atoms with van der Waals surface area (Å²) in [6.45, 7) is 10.9. The number of aliphatic imine (C=N–C) groups is 1. The average Bonchev–Trinajstić information content (AvgIpc) is 3.06. The maximum atomic E-state index is 5.83. The van der Waals surface area contributed by atoms with Gasteiger partial charge in [0.05, 0.1) is 12.1 Å². The fraction of sp³-hybridized carbons (Fsp3) is 0.650. The van der Waals surface area contributed by atoms with Gasteiger partial charge < -0.3 is 15.4 Å². The predicted molar refractivity (Wildman–Crippen MR) is 103 cm³/mol. The van der Waals surface area contributed by atoms with Crippen molar-refractivity contribution in [2.75, 3.05) is 39.3 Å². The number of nitrogens with zero attached hydrogens (tertiary/aromatic N) is 2. The molecule has 5 heteroatoms. The van der Waals surface area contributed by atoms with Crippen molar-refractivity contribution in [3.05, 3.63) is 35.4 Å². The highest BCUT2D eigenvalue weighted by Gasteiger charge is 2.29. The van der Waals surface area contributed by atoms with E-state index in [4.69, 9.17) is 9.73 Å². The van der Waals surface area contributed by atoms with E-state index in [0.29, 0.717) is 0 Å². The average molecular weight is 345 g/mol. The smallest absolute Gasteiger partial charge is 0.191 e. The molecule has 0 aliphatic carbocycles. The lowest BCUT2D eigenvalue weighted by molar-refractivity contribution is 0.0283. The minimum Gasteiger partial charge on any atom is -0.373 e. The Balaban J connectivity index is 1.45. The molecule has 2 N–H and O–H groups in total. The zero-order valence-electron chi connectivity index (χ0n) is 15.7. The van der Waals surface area contributed by atoms with E-state index in [1.165, 1.54) is 11.1 Å². The largest absolute Gasteiger partial charge is 0.373 e. The number of guanidine groups is 1. The van der Waals surface area contributed by atoms with Gasteiger partial charge >= 0.3 is 0 Å². The molecular weight excluding hydrogens is 312 g/mol. The van der Waals surface area contributed by atoms with Gasteiger partial charge in [-0.3, -0.25) is 9.89 Å². The minimum atomic E-state index is -0.0844.